The predicted molar refractivity (Wildman–Crippen MR) is 82.1 cm³/mol. The lowest BCUT2D eigenvalue weighted by Gasteiger charge is -2.13. The van der Waals surface area contributed by atoms with Gasteiger partial charge in [0.05, 0.1) is 16.4 Å². The molecular weight excluding hydrogens is 270 g/mol. The van der Waals surface area contributed by atoms with Gasteiger partial charge in [0.1, 0.15) is 12.4 Å². The number of nitrogens with one attached hydrogen (secondary N) is 1. The van der Waals surface area contributed by atoms with E-state index >= 15 is 0 Å². The molecule has 0 aliphatic carbocycles. The number of aryl methyl sites for hydroxylation is 2. The van der Waals surface area contributed by atoms with Gasteiger partial charge in [0, 0.05) is 23.7 Å². The summed E-state index contributed by atoms with van der Waals surface area (Å²) in [7, 11) is 0. The minimum Gasteiger partial charge on any atom is -0.485 e. The van der Waals surface area contributed by atoms with Gasteiger partial charge in [0.15, 0.2) is 0 Å². The molecule has 4 nitrogen and oxygen atoms in total. The molecule has 0 radical (unpaired) electrons. The van der Waals surface area contributed by atoms with Crippen LogP contribution in [-0.4, -0.2) is 16.0 Å². The van der Waals surface area contributed by atoms with Crippen molar-refractivity contribution < 1.29 is 4.74 Å². The average molecular weight is 291 g/mol. The lowest BCUT2D eigenvalue weighted by Crippen LogP contribution is -2.23. The molecule has 2 aromatic heterocycles. The SMILES string of the molecule is Cc1ccc(OCc2csc(C)n2)c(CNC(C)C)n1. The second-order valence-electron chi connectivity index (χ2n) is 5.08. The van der Waals surface area contributed by atoms with Crippen molar-refractivity contribution >= 4 is 11.3 Å². The van der Waals surface area contributed by atoms with Gasteiger partial charge in [-0.3, -0.25) is 4.98 Å². The van der Waals surface area contributed by atoms with E-state index in [1.807, 2.05) is 31.4 Å². The van der Waals surface area contributed by atoms with Crippen molar-refractivity contribution in [3.8, 4) is 5.75 Å². The molecule has 0 bridgehead atoms. The van der Waals surface area contributed by atoms with E-state index < -0.39 is 0 Å². The average Bonchev–Trinajstić information content (AvgIpc) is 2.81. The van der Waals surface area contributed by atoms with Gasteiger partial charge in [-0.05, 0) is 26.0 Å². The fraction of sp³-hybridized carbons (Fsp3) is 0.467. The van der Waals surface area contributed by atoms with E-state index in [0.717, 1.165) is 27.8 Å². The van der Waals surface area contributed by atoms with Crippen molar-refractivity contribution in [2.45, 2.75) is 46.9 Å². The summed E-state index contributed by atoms with van der Waals surface area (Å²) in [4.78, 5) is 8.96. The number of ether oxygens (including phenoxy) is 1. The number of rotatable bonds is 6. The van der Waals surface area contributed by atoms with E-state index in [1.54, 1.807) is 11.3 Å². The number of pyridine rings is 1. The van der Waals surface area contributed by atoms with E-state index in [-0.39, 0.29) is 0 Å². The predicted octanol–water partition coefficient (Wildman–Crippen LogP) is 3.23. The number of aromatic nitrogens is 2. The quantitative estimate of drug-likeness (QED) is 0.887. The Kier molecular flexibility index (Phi) is 5.09. The van der Waals surface area contributed by atoms with Gasteiger partial charge < -0.3 is 10.1 Å². The smallest absolute Gasteiger partial charge is 0.142 e. The molecule has 0 atom stereocenters. The summed E-state index contributed by atoms with van der Waals surface area (Å²) in [6.45, 7) is 9.43. The number of thiazole rings is 1. The maximum absolute atomic E-state index is 5.87. The van der Waals surface area contributed by atoms with Crippen LogP contribution in [0.25, 0.3) is 0 Å². The van der Waals surface area contributed by atoms with Crippen LogP contribution in [0.5, 0.6) is 5.75 Å². The highest BCUT2D eigenvalue weighted by Gasteiger charge is 2.08. The zero-order valence-corrected chi connectivity index (χ0v) is 13.3. The van der Waals surface area contributed by atoms with Gasteiger partial charge in [-0.2, -0.15) is 0 Å². The van der Waals surface area contributed by atoms with Crippen LogP contribution in [0.4, 0.5) is 0 Å². The summed E-state index contributed by atoms with van der Waals surface area (Å²) >= 11 is 1.64. The molecule has 20 heavy (non-hydrogen) atoms. The third kappa shape index (κ3) is 4.28. The largest absolute Gasteiger partial charge is 0.485 e. The second-order valence-corrected chi connectivity index (χ2v) is 6.14. The number of hydrogen-bond donors (Lipinski definition) is 1. The molecule has 1 N–H and O–H groups in total. The van der Waals surface area contributed by atoms with Crippen molar-refractivity contribution in [3.05, 3.63) is 39.6 Å². The van der Waals surface area contributed by atoms with Crippen LogP contribution in [0.15, 0.2) is 17.5 Å². The topological polar surface area (TPSA) is 47.0 Å². The van der Waals surface area contributed by atoms with E-state index in [1.165, 1.54) is 0 Å². The van der Waals surface area contributed by atoms with Crippen LogP contribution in [0.3, 0.4) is 0 Å². The van der Waals surface area contributed by atoms with E-state index in [9.17, 15) is 0 Å². The Bertz CT molecular complexity index is 566. The Hall–Kier alpha value is -1.46. The molecule has 0 saturated heterocycles. The Morgan fingerprint density at radius 3 is 2.70 bits per heavy atom. The summed E-state index contributed by atoms with van der Waals surface area (Å²) in [6, 6.07) is 4.38. The van der Waals surface area contributed by atoms with Crippen molar-refractivity contribution in [3.63, 3.8) is 0 Å². The van der Waals surface area contributed by atoms with Crippen LogP contribution < -0.4 is 10.1 Å². The molecule has 2 aromatic rings. The molecule has 0 aromatic carbocycles. The van der Waals surface area contributed by atoms with Gasteiger partial charge in [-0.25, -0.2) is 4.98 Å². The molecule has 0 spiro atoms. The Morgan fingerprint density at radius 2 is 2.05 bits per heavy atom. The van der Waals surface area contributed by atoms with E-state index in [4.69, 9.17) is 4.74 Å². The van der Waals surface area contributed by atoms with Crippen LogP contribution in [-0.2, 0) is 13.2 Å². The van der Waals surface area contributed by atoms with Gasteiger partial charge in [0.25, 0.3) is 0 Å². The summed E-state index contributed by atoms with van der Waals surface area (Å²) in [5.74, 6) is 0.828. The molecule has 0 aliphatic rings. The van der Waals surface area contributed by atoms with Gasteiger partial charge >= 0.3 is 0 Å². The van der Waals surface area contributed by atoms with Crippen molar-refractivity contribution in [1.29, 1.82) is 0 Å². The molecule has 2 rings (SSSR count). The lowest BCUT2D eigenvalue weighted by molar-refractivity contribution is 0.295. The van der Waals surface area contributed by atoms with Crippen LogP contribution >= 0.6 is 11.3 Å². The monoisotopic (exact) mass is 291 g/mol. The maximum Gasteiger partial charge on any atom is 0.142 e. The fourth-order valence-electron chi connectivity index (χ4n) is 1.78. The summed E-state index contributed by atoms with van der Waals surface area (Å²) in [5.41, 5.74) is 2.92. The summed E-state index contributed by atoms with van der Waals surface area (Å²) in [6.07, 6.45) is 0. The Balaban J connectivity index is 2.05. The minimum absolute atomic E-state index is 0.423. The zero-order chi connectivity index (χ0) is 14.5. The highest BCUT2D eigenvalue weighted by atomic mass is 32.1. The van der Waals surface area contributed by atoms with Crippen molar-refractivity contribution in [2.24, 2.45) is 0 Å². The van der Waals surface area contributed by atoms with Crippen LogP contribution in [0.1, 0.15) is 35.9 Å². The highest BCUT2D eigenvalue weighted by molar-refractivity contribution is 7.09. The van der Waals surface area contributed by atoms with E-state index in [0.29, 0.717) is 19.2 Å². The molecule has 2 heterocycles. The maximum atomic E-state index is 5.87. The van der Waals surface area contributed by atoms with Crippen molar-refractivity contribution in [1.82, 2.24) is 15.3 Å². The molecule has 0 saturated carbocycles. The van der Waals surface area contributed by atoms with E-state index in [2.05, 4.69) is 29.1 Å². The minimum atomic E-state index is 0.423. The Morgan fingerprint density at radius 1 is 1.25 bits per heavy atom. The lowest BCUT2D eigenvalue weighted by atomic mass is 10.2. The summed E-state index contributed by atoms with van der Waals surface area (Å²) in [5, 5.41) is 6.47. The first-order valence-electron chi connectivity index (χ1n) is 6.78. The third-order valence-electron chi connectivity index (χ3n) is 2.79. The first-order chi connectivity index (χ1) is 9.54. The third-order valence-corrected chi connectivity index (χ3v) is 3.61. The van der Waals surface area contributed by atoms with Gasteiger partial charge in [-0.1, -0.05) is 13.8 Å². The molecular formula is C15H21N3OS. The van der Waals surface area contributed by atoms with Gasteiger partial charge in [-0.15, -0.1) is 11.3 Å². The number of hydrogen-bond acceptors (Lipinski definition) is 5. The molecule has 0 aliphatic heterocycles. The second kappa shape index (κ2) is 6.81. The van der Waals surface area contributed by atoms with Crippen LogP contribution in [0, 0.1) is 13.8 Å². The normalized spacial score (nSPS) is 11.1. The molecule has 5 heteroatoms. The highest BCUT2D eigenvalue weighted by Crippen LogP contribution is 2.19. The first kappa shape index (κ1) is 14.9. The number of nitrogens with zero attached hydrogens (tertiary/aromatic N) is 2. The van der Waals surface area contributed by atoms with Gasteiger partial charge in [0.2, 0.25) is 0 Å². The standard InChI is InChI=1S/C15H21N3OS/c1-10(2)16-7-14-15(6-5-11(3)17-14)19-8-13-9-20-12(4)18-13/h5-6,9-10,16H,7-8H2,1-4H3. The summed E-state index contributed by atoms with van der Waals surface area (Å²) < 4.78 is 5.87. The first-order valence-corrected chi connectivity index (χ1v) is 7.66. The molecule has 0 amide bonds. The molecule has 108 valence electrons. The molecule has 0 unspecified atom stereocenters. The van der Waals surface area contributed by atoms with Crippen LogP contribution in [0.2, 0.25) is 0 Å². The zero-order valence-electron chi connectivity index (χ0n) is 12.4. The fourth-order valence-corrected chi connectivity index (χ4v) is 2.38. The Labute approximate surface area is 124 Å². The molecule has 0 fully saturated rings. The van der Waals surface area contributed by atoms with Crippen molar-refractivity contribution in [2.75, 3.05) is 0 Å².